The number of aromatic nitrogens is 3. The molecule has 0 radical (unpaired) electrons. The number of nitriles is 1. The molecular formula is C18H14ClN5O3S. The van der Waals surface area contributed by atoms with E-state index in [4.69, 9.17) is 22.0 Å². The molecule has 142 valence electrons. The summed E-state index contributed by atoms with van der Waals surface area (Å²) in [5, 5.41) is 26.7. The number of rotatable bonds is 6. The van der Waals surface area contributed by atoms with Crippen molar-refractivity contribution in [3.63, 3.8) is 0 Å². The van der Waals surface area contributed by atoms with E-state index < -0.39 is 11.9 Å². The number of nitrogens with zero attached hydrogens (tertiary/aromatic N) is 4. The van der Waals surface area contributed by atoms with Gasteiger partial charge in [0.1, 0.15) is 11.8 Å². The third-order valence-electron chi connectivity index (χ3n) is 3.78. The number of hydrogen-bond donors (Lipinski definition) is 2. The molecule has 3 aromatic rings. The molecular weight excluding hydrogens is 402 g/mol. The Hall–Kier alpha value is -3.22. The topological polar surface area (TPSA) is 121 Å². The monoisotopic (exact) mass is 415 g/mol. The van der Waals surface area contributed by atoms with Crippen LogP contribution in [-0.4, -0.2) is 37.8 Å². The van der Waals surface area contributed by atoms with Gasteiger partial charge < -0.3 is 10.4 Å². The van der Waals surface area contributed by atoms with E-state index in [-0.39, 0.29) is 16.7 Å². The average molecular weight is 416 g/mol. The standard InChI is InChI=1S/C18H14ClN5O3S/c1-10(21-16(25)15-9-28-17(22-15)18(26)27)8-24-5-4-14(23-24)11-2-3-12(7-20)13(19)6-11/h2-6,9-10H,8H2,1H3,(H,21,25)(H,26,27)/t10-/m0/s1. The van der Waals surface area contributed by atoms with Gasteiger partial charge in [-0.2, -0.15) is 10.4 Å². The minimum atomic E-state index is -1.16. The minimum absolute atomic E-state index is 0.0719. The lowest BCUT2D eigenvalue weighted by atomic mass is 10.1. The molecule has 2 aromatic heterocycles. The van der Waals surface area contributed by atoms with Crippen LogP contribution in [0.2, 0.25) is 5.02 Å². The van der Waals surface area contributed by atoms with Gasteiger partial charge in [0, 0.05) is 23.2 Å². The first-order valence-electron chi connectivity index (χ1n) is 8.10. The van der Waals surface area contributed by atoms with Crippen LogP contribution < -0.4 is 5.32 Å². The van der Waals surface area contributed by atoms with Gasteiger partial charge in [0.2, 0.25) is 5.01 Å². The molecule has 0 aliphatic carbocycles. The molecule has 0 unspecified atom stereocenters. The molecule has 0 fully saturated rings. The van der Waals surface area contributed by atoms with E-state index in [0.29, 0.717) is 22.8 Å². The second-order valence-electron chi connectivity index (χ2n) is 5.95. The minimum Gasteiger partial charge on any atom is -0.476 e. The molecule has 1 amide bonds. The van der Waals surface area contributed by atoms with Crippen LogP contribution in [0.25, 0.3) is 11.3 Å². The van der Waals surface area contributed by atoms with Crippen molar-refractivity contribution in [2.45, 2.75) is 19.5 Å². The third-order valence-corrected chi connectivity index (χ3v) is 4.93. The zero-order valence-corrected chi connectivity index (χ0v) is 16.2. The smallest absolute Gasteiger partial charge is 0.365 e. The molecule has 10 heteroatoms. The van der Waals surface area contributed by atoms with Crippen LogP contribution in [0.15, 0.2) is 35.8 Å². The molecule has 2 N–H and O–H groups in total. The lowest BCUT2D eigenvalue weighted by Gasteiger charge is -2.13. The van der Waals surface area contributed by atoms with Gasteiger partial charge in [-0.25, -0.2) is 9.78 Å². The summed E-state index contributed by atoms with van der Waals surface area (Å²) in [5.74, 6) is -1.61. The van der Waals surface area contributed by atoms with Crippen molar-refractivity contribution in [3.8, 4) is 17.3 Å². The van der Waals surface area contributed by atoms with Gasteiger partial charge in [0.15, 0.2) is 0 Å². The predicted molar refractivity (Wildman–Crippen MR) is 103 cm³/mol. The lowest BCUT2D eigenvalue weighted by molar-refractivity contribution is 0.0696. The Balaban J connectivity index is 1.64. The summed E-state index contributed by atoms with van der Waals surface area (Å²) in [5.41, 5.74) is 1.94. The average Bonchev–Trinajstić information content (AvgIpc) is 3.31. The highest BCUT2D eigenvalue weighted by molar-refractivity contribution is 7.11. The maximum absolute atomic E-state index is 12.2. The molecule has 0 spiro atoms. The molecule has 1 atom stereocenters. The van der Waals surface area contributed by atoms with Crippen molar-refractivity contribution in [1.82, 2.24) is 20.1 Å². The summed E-state index contributed by atoms with van der Waals surface area (Å²) in [6, 6.07) is 8.64. The van der Waals surface area contributed by atoms with Crippen LogP contribution in [0.4, 0.5) is 0 Å². The Bertz CT molecular complexity index is 1090. The first-order valence-corrected chi connectivity index (χ1v) is 9.36. The number of hydrogen-bond acceptors (Lipinski definition) is 6. The number of carbonyl (C=O) groups is 2. The van der Waals surface area contributed by atoms with Crippen molar-refractivity contribution >= 4 is 34.8 Å². The van der Waals surface area contributed by atoms with Gasteiger partial charge in [-0.3, -0.25) is 9.48 Å². The maximum atomic E-state index is 12.2. The Morgan fingerprint density at radius 3 is 2.86 bits per heavy atom. The van der Waals surface area contributed by atoms with Crippen LogP contribution in [-0.2, 0) is 6.54 Å². The zero-order valence-electron chi connectivity index (χ0n) is 14.6. The summed E-state index contributed by atoms with van der Waals surface area (Å²) in [6.45, 7) is 2.22. The fourth-order valence-corrected chi connectivity index (χ4v) is 3.34. The van der Waals surface area contributed by atoms with Crippen molar-refractivity contribution in [1.29, 1.82) is 5.26 Å². The Morgan fingerprint density at radius 2 is 2.21 bits per heavy atom. The summed E-state index contributed by atoms with van der Waals surface area (Å²) in [6.07, 6.45) is 1.77. The van der Waals surface area contributed by atoms with E-state index in [9.17, 15) is 9.59 Å². The Kier molecular flexibility index (Phi) is 5.73. The van der Waals surface area contributed by atoms with Crippen molar-refractivity contribution in [2.75, 3.05) is 0 Å². The largest absolute Gasteiger partial charge is 0.476 e. The van der Waals surface area contributed by atoms with Gasteiger partial charge in [-0.15, -0.1) is 11.3 Å². The highest BCUT2D eigenvalue weighted by atomic mass is 35.5. The van der Waals surface area contributed by atoms with E-state index in [1.807, 2.05) is 19.1 Å². The number of carboxylic acids is 1. The van der Waals surface area contributed by atoms with Crippen molar-refractivity contribution in [2.24, 2.45) is 0 Å². The van der Waals surface area contributed by atoms with Crippen molar-refractivity contribution < 1.29 is 14.7 Å². The van der Waals surface area contributed by atoms with Crippen LogP contribution in [0.3, 0.4) is 0 Å². The van der Waals surface area contributed by atoms with Crippen LogP contribution in [0.1, 0.15) is 32.8 Å². The third kappa shape index (κ3) is 4.36. The number of nitrogens with one attached hydrogen (secondary N) is 1. The van der Waals surface area contributed by atoms with E-state index in [1.54, 1.807) is 29.1 Å². The quantitative estimate of drug-likeness (QED) is 0.638. The van der Waals surface area contributed by atoms with Gasteiger partial charge in [-0.05, 0) is 25.1 Å². The van der Waals surface area contributed by atoms with Gasteiger partial charge >= 0.3 is 5.97 Å². The molecule has 8 nitrogen and oxygen atoms in total. The van der Waals surface area contributed by atoms with Crippen LogP contribution >= 0.6 is 22.9 Å². The Labute approximate surface area is 169 Å². The number of thiazole rings is 1. The van der Waals surface area contributed by atoms with E-state index in [1.165, 1.54) is 5.38 Å². The van der Waals surface area contributed by atoms with Crippen molar-refractivity contribution in [3.05, 3.63) is 57.1 Å². The first kappa shape index (κ1) is 19.5. The summed E-state index contributed by atoms with van der Waals surface area (Å²) in [7, 11) is 0. The van der Waals surface area contributed by atoms with Crippen LogP contribution in [0, 0.1) is 11.3 Å². The highest BCUT2D eigenvalue weighted by Gasteiger charge is 2.17. The molecule has 28 heavy (non-hydrogen) atoms. The molecule has 0 aliphatic heterocycles. The highest BCUT2D eigenvalue weighted by Crippen LogP contribution is 2.24. The molecule has 0 aliphatic rings. The zero-order chi connectivity index (χ0) is 20.3. The first-order chi connectivity index (χ1) is 13.4. The summed E-state index contributed by atoms with van der Waals surface area (Å²) < 4.78 is 1.68. The lowest BCUT2D eigenvalue weighted by Crippen LogP contribution is -2.36. The molecule has 0 bridgehead atoms. The summed E-state index contributed by atoms with van der Waals surface area (Å²) >= 11 is 6.96. The maximum Gasteiger partial charge on any atom is 0.365 e. The SMILES string of the molecule is C[C@@H](Cn1ccc(-c2ccc(C#N)c(Cl)c2)n1)NC(=O)c1csc(C(=O)O)n1. The molecule has 2 heterocycles. The molecule has 1 aromatic carbocycles. The molecule has 0 saturated heterocycles. The molecule has 0 saturated carbocycles. The van der Waals surface area contributed by atoms with Gasteiger partial charge in [0.25, 0.3) is 5.91 Å². The number of amides is 1. The second-order valence-corrected chi connectivity index (χ2v) is 7.21. The van der Waals surface area contributed by atoms with E-state index in [0.717, 1.165) is 16.9 Å². The fourth-order valence-electron chi connectivity index (χ4n) is 2.48. The number of carboxylic acid groups (broad SMARTS) is 1. The number of benzene rings is 1. The Morgan fingerprint density at radius 1 is 1.43 bits per heavy atom. The van der Waals surface area contributed by atoms with E-state index >= 15 is 0 Å². The van der Waals surface area contributed by atoms with Gasteiger partial charge in [-0.1, -0.05) is 17.7 Å². The number of carbonyl (C=O) groups excluding carboxylic acids is 1. The second kappa shape index (κ2) is 8.21. The summed E-state index contributed by atoms with van der Waals surface area (Å²) in [4.78, 5) is 26.8. The predicted octanol–water partition coefficient (Wildman–Crippen LogP) is 3.05. The molecule has 3 rings (SSSR count). The van der Waals surface area contributed by atoms with E-state index in [2.05, 4.69) is 15.4 Å². The fraction of sp³-hybridized carbons (Fsp3) is 0.167. The number of halogens is 1. The van der Waals surface area contributed by atoms with Gasteiger partial charge in [0.05, 0.1) is 22.8 Å². The normalized spacial score (nSPS) is 11.6. The number of aromatic carboxylic acids is 1. The van der Waals surface area contributed by atoms with Crippen LogP contribution in [0.5, 0.6) is 0 Å².